The van der Waals surface area contributed by atoms with Crippen LogP contribution in [-0.4, -0.2) is 30.9 Å². The van der Waals surface area contributed by atoms with Gasteiger partial charge in [-0.25, -0.2) is 9.18 Å². The van der Waals surface area contributed by atoms with Gasteiger partial charge in [0.2, 0.25) is 5.91 Å². The zero-order valence-corrected chi connectivity index (χ0v) is 16.6. The van der Waals surface area contributed by atoms with Crippen LogP contribution in [0.15, 0.2) is 36.4 Å². The van der Waals surface area contributed by atoms with Crippen LogP contribution >= 0.6 is 11.6 Å². The molecule has 2 amide bonds. The molecule has 2 aromatic rings. The van der Waals surface area contributed by atoms with Gasteiger partial charge in [0, 0.05) is 24.5 Å². The number of aryl methyl sites for hydroxylation is 1. The summed E-state index contributed by atoms with van der Waals surface area (Å²) in [4.78, 5) is 38.0. The highest BCUT2D eigenvalue weighted by Crippen LogP contribution is 2.29. The van der Waals surface area contributed by atoms with Crippen LogP contribution < -0.4 is 10.2 Å². The van der Waals surface area contributed by atoms with Crippen LogP contribution in [0.25, 0.3) is 0 Å². The van der Waals surface area contributed by atoms with Crippen molar-refractivity contribution in [2.24, 2.45) is 0 Å². The van der Waals surface area contributed by atoms with Gasteiger partial charge >= 0.3 is 5.97 Å². The molecule has 8 heteroatoms. The highest BCUT2D eigenvalue weighted by Gasteiger charge is 2.27. The summed E-state index contributed by atoms with van der Waals surface area (Å²) in [6, 6.07) is 9.20. The molecule has 1 aliphatic heterocycles. The number of benzene rings is 2. The number of esters is 1. The average Bonchev–Trinajstić information content (AvgIpc) is 3.12. The summed E-state index contributed by atoms with van der Waals surface area (Å²) in [5.41, 5.74) is 1.66. The zero-order chi connectivity index (χ0) is 21.0. The molecule has 2 aromatic carbocycles. The largest absolute Gasteiger partial charge is 0.452 e. The van der Waals surface area contributed by atoms with Crippen LogP contribution in [0.4, 0.5) is 10.1 Å². The Balaban J connectivity index is 1.59. The Labute approximate surface area is 172 Å². The molecule has 3 rings (SSSR count). The molecule has 152 valence electrons. The molecule has 0 unspecified atom stereocenters. The summed E-state index contributed by atoms with van der Waals surface area (Å²) < 4.78 is 18.6. The lowest BCUT2D eigenvalue weighted by molar-refractivity contribution is -0.124. The SMILES string of the molecule is Cc1ccc(CNC(=O)COC(=O)c2ccc(Cl)cc2N2CCCC2=O)cc1F. The maximum absolute atomic E-state index is 13.5. The molecule has 0 radical (unpaired) electrons. The van der Waals surface area contributed by atoms with Crippen molar-refractivity contribution in [3.63, 3.8) is 0 Å². The average molecular weight is 419 g/mol. The number of ether oxygens (including phenoxy) is 1. The van der Waals surface area contributed by atoms with E-state index < -0.39 is 18.5 Å². The van der Waals surface area contributed by atoms with E-state index in [1.807, 2.05) is 0 Å². The van der Waals surface area contributed by atoms with Crippen LogP contribution in [-0.2, 0) is 20.9 Å². The second kappa shape index (κ2) is 9.05. The maximum atomic E-state index is 13.5. The number of carbonyl (C=O) groups is 3. The first-order valence-electron chi connectivity index (χ1n) is 9.14. The summed E-state index contributed by atoms with van der Waals surface area (Å²) in [5.74, 6) is -1.70. The molecule has 1 N–H and O–H groups in total. The third kappa shape index (κ3) is 5.12. The summed E-state index contributed by atoms with van der Waals surface area (Å²) >= 11 is 6.01. The van der Waals surface area contributed by atoms with E-state index in [1.54, 1.807) is 19.1 Å². The molecule has 0 aromatic heterocycles. The van der Waals surface area contributed by atoms with Crippen molar-refractivity contribution in [3.05, 3.63) is 63.9 Å². The smallest absolute Gasteiger partial charge is 0.340 e. The molecular weight excluding hydrogens is 399 g/mol. The van der Waals surface area contributed by atoms with E-state index >= 15 is 0 Å². The van der Waals surface area contributed by atoms with Crippen molar-refractivity contribution in [1.82, 2.24) is 5.32 Å². The summed E-state index contributed by atoms with van der Waals surface area (Å²) in [6.45, 7) is 1.76. The fourth-order valence-electron chi connectivity index (χ4n) is 3.01. The molecule has 0 atom stereocenters. The second-order valence-electron chi connectivity index (χ2n) is 6.75. The highest BCUT2D eigenvalue weighted by molar-refractivity contribution is 6.31. The van der Waals surface area contributed by atoms with Gasteiger partial charge in [0.25, 0.3) is 5.91 Å². The number of hydrogen-bond acceptors (Lipinski definition) is 4. The molecule has 0 saturated carbocycles. The van der Waals surface area contributed by atoms with Gasteiger partial charge in [0.1, 0.15) is 5.82 Å². The molecule has 1 aliphatic rings. The Morgan fingerprint density at radius 3 is 2.72 bits per heavy atom. The molecule has 1 saturated heterocycles. The monoisotopic (exact) mass is 418 g/mol. The number of rotatable bonds is 6. The van der Waals surface area contributed by atoms with Gasteiger partial charge in [-0.3, -0.25) is 9.59 Å². The quantitative estimate of drug-likeness (QED) is 0.729. The van der Waals surface area contributed by atoms with Crippen molar-refractivity contribution in [2.75, 3.05) is 18.1 Å². The lowest BCUT2D eigenvalue weighted by atomic mass is 10.1. The Kier molecular flexibility index (Phi) is 6.49. The standard InChI is InChI=1S/C21H20ClFN2O4/c1-13-4-5-14(9-17(13)23)11-24-19(26)12-29-21(28)16-7-6-15(22)10-18(16)25-8-2-3-20(25)27/h4-7,9-10H,2-3,8,11-12H2,1H3,(H,24,26). The van der Waals surface area contributed by atoms with Crippen molar-refractivity contribution >= 4 is 35.1 Å². The molecule has 0 aliphatic carbocycles. The lowest BCUT2D eigenvalue weighted by Crippen LogP contribution is -2.29. The molecule has 1 heterocycles. The maximum Gasteiger partial charge on any atom is 0.340 e. The number of hydrogen-bond donors (Lipinski definition) is 1. The van der Waals surface area contributed by atoms with Crippen molar-refractivity contribution in [1.29, 1.82) is 0 Å². The number of carbonyl (C=O) groups excluding carboxylic acids is 3. The number of anilines is 1. The predicted molar refractivity (Wildman–Crippen MR) is 106 cm³/mol. The molecular formula is C21H20ClFN2O4. The van der Waals surface area contributed by atoms with Gasteiger partial charge < -0.3 is 15.0 Å². The van der Waals surface area contributed by atoms with Crippen molar-refractivity contribution in [2.45, 2.75) is 26.3 Å². The summed E-state index contributed by atoms with van der Waals surface area (Å²) in [5, 5.41) is 2.96. The Morgan fingerprint density at radius 2 is 2.03 bits per heavy atom. The fraction of sp³-hybridized carbons (Fsp3) is 0.286. The topological polar surface area (TPSA) is 75.7 Å². The van der Waals surface area contributed by atoms with Gasteiger partial charge in [-0.05, 0) is 48.7 Å². The lowest BCUT2D eigenvalue weighted by Gasteiger charge is -2.19. The summed E-state index contributed by atoms with van der Waals surface area (Å²) in [7, 11) is 0. The van der Waals surface area contributed by atoms with Crippen molar-refractivity contribution in [3.8, 4) is 0 Å². The van der Waals surface area contributed by atoms with E-state index in [9.17, 15) is 18.8 Å². The molecule has 29 heavy (non-hydrogen) atoms. The Morgan fingerprint density at radius 1 is 1.24 bits per heavy atom. The normalized spacial score (nSPS) is 13.5. The van der Waals surface area contributed by atoms with Gasteiger partial charge in [-0.1, -0.05) is 23.7 Å². The van der Waals surface area contributed by atoms with Gasteiger partial charge in [0.05, 0.1) is 11.3 Å². The molecule has 6 nitrogen and oxygen atoms in total. The van der Waals surface area contributed by atoms with E-state index in [4.69, 9.17) is 16.3 Å². The highest BCUT2D eigenvalue weighted by atomic mass is 35.5. The van der Waals surface area contributed by atoms with Gasteiger partial charge in [0.15, 0.2) is 6.61 Å². The molecule has 0 bridgehead atoms. The van der Waals surface area contributed by atoms with E-state index in [2.05, 4.69) is 5.32 Å². The first-order chi connectivity index (χ1) is 13.8. The van der Waals surface area contributed by atoms with Crippen molar-refractivity contribution < 1.29 is 23.5 Å². The fourth-order valence-corrected chi connectivity index (χ4v) is 3.18. The van der Waals surface area contributed by atoms with E-state index in [-0.39, 0.29) is 23.8 Å². The third-order valence-electron chi connectivity index (χ3n) is 4.60. The van der Waals surface area contributed by atoms with Crippen LogP contribution in [0.2, 0.25) is 5.02 Å². The Hall–Kier alpha value is -2.93. The molecule has 0 spiro atoms. The van der Waals surface area contributed by atoms with Gasteiger partial charge in [-0.15, -0.1) is 0 Å². The molecule has 1 fully saturated rings. The first-order valence-corrected chi connectivity index (χ1v) is 9.51. The predicted octanol–water partition coefficient (Wildman–Crippen LogP) is 3.39. The number of nitrogens with one attached hydrogen (secondary N) is 1. The third-order valence-corrected chi connectivity index (χ3v) is 4.84. The van der Waals surface area contributed by atoms with Crippen LogP contribution in [0, 0.1) is 12.7 Å². The van der Waals surface area contributed by atoms with E-state index in [0.29, 0.717) is 41.2 Å². The van der Waals surface area contributed by atoms with Crippen LogP contribution in [0.3, 0.4) is 0 Å². The summed E-state index contributed by atoms with van der Waals surface area (Å²) in [6.07, 6.45) is 1.10. The van der Waals surface area contributed by atoms with Crippen LogP contribution in [0.1, 0.15) is 34.3 Å². The zero-order valence-electron chi connectivity index (χ0n) is 15.8. The van der Waals surface area contributed by atoms with E-state index in [1.165, 1.54) is 29.2 Å². The first kappa shape index (κ1) is 20.8. The number of halogens is 2. The van der Waals surface area contributed by atoms with E-state index in [0.717, 1.165) is 0 Å². The van der Waals surface area contributed by atoms with Crippen LogP contribution in [0.5, 0.6) is 0 Å². The second-order valence-corrected chi connectivity index (χ2v) is 7.18. The number of nitrogens with zero attached hydrogens (tertiary/aromatic N) is 1. The number of amides is 2. The minimum Gasteiger partial charge on any atom is -0.452 e. The minimum absolute atomic E-state index is 0.0932. The minimum atomic E-state index is -0.729. The Bertz CT molecular complexity index is 964. The van der Waals surface area contributed by atoms with Gasteiger partial charge in [-0.2, -0.15) is 0 Å².